The van der Waals surface area contributed by atoms with Crippen LogP contribution in [-0.4, -0.2) is 17.5 Å². The number of carbonyl (C=O) groups excluding carboxylic acids is 3. The van der Waals surface area contributed by atoms with Crippen LogP contribution in [0.5, 0.6) is 0 Å². The highest BCUT2D eigenvalue weighted by Gasteiger charge is 2.41. The van der Waals surface area contributed by atoms with E-state index in [-0.39, 0.29) is 28.8 Å². The number of hydrogen-bond donors (Lipinski definition) is 1. The Kier molecular flexibility index (Phi) is 3.76. The average molecular weight is 371 g/mol. The third-order valence-corrected chi connectivity index (χ3v) is 4.78. The first kappa shape index (κ1) is 17.2. The van der Waals surface area contributed by atoms with E-state index in [1.807, 2.05) is 0 Å². The van der Waals surface area contributed by atoms with Crippen molar-refractivity contribution in [2.24, 2.45) is 0 Å². The lowest BCUT2D eigenvalue weighted by molar-refractivity contribution is -0.137. The molecule has 1 unspecified atom stereocenters. The minimum absolute atomic E-state index is 0.0395. The second-order valence-electron chi connectivity index (χ2n) is 6.42. The van der Waals surface area contributed by atoms with E-state index < -0.39 is 35.1 Å². The van der Waals surface area contributed by atoms with Crippen LogP contribution in [-0.2, 0) is 15.8 Å². The first-order valence-electron chi connectivity index (χ1n) is 8.17. The molecule has 1 N–H and O–H groups in total. The molecule has 2 aromatic rings. The molecule has 4 rings (SSSR count). The molecule has 1 aliphatic heterocycles. The van der Waals surface area contributed by atoms with Gasteiger partial charge < -0.3 is 5.32 Å². The minimum atomic E-state index is -4.55. The Morgan fingerprint density at radius 1 is 0.889 bits per heavy atom. The van der Waals surface area contributed by atoms with E-state index in [9.17, 15) is 27.6 Å². The zero-order valence-electron chi connectivity index (χ0n) is 13.8. The molecular weight excluding hydrogens is 359 g/mol. The topological polar surface area (TPSA) is 63.2 Å². The van der Waals surface area contributed by atoms with E-state index in [4.69, 9.17) is 0 Å². The van der Waals surface area contributed by atoms with Gasteiger partial charge in [0.15, 0.2) is 0 Å². The fourth-order valence-corrected chi connectivity index (χ4v) is 3.56. The van der Waals surface area contributed by atoms with E-state index in [1.165, 1.54) is 18.2 Å². The highest BCUT2D eigenvalue weighted by Crippen LogP contribution is 2.41. The first-order valence-corrected chi connectivity index (χ1v) is 8.17. The van der Waals surface area contributed by atoms with Crippen LogP contribution in [0.1, 0.15) is 39.4 Å². The Morgan fingerprint density at radius 3 is 2.30 bits per heavy atom. The lowest BCUT2D eigenvalue weighted by Gasteiger charge is -2.31. The van der Waals surface area contributed by atoms with Gasteiger partial charge in [-0.05, 0) is 11.6 Å². The van der Waals surface area contributed by atoms with E-state index in [0.717, 1.165) is 12.1 Å². The predicted octanol–water partition coefficient (Wildman–Crippen LogP) is 3.49. The molecule has 1 heterocycles. The quantitative estimate of drug-likeness (QED) is 0.781. The van der Waals surface area contributed by atoms with Crippen molar-refractivity contribution in [2.75, 3.05) is 0 Å². The zero-order valence-corrected chi connectivity index (χ0v) is 13.8. The Balaban J connectivity index is 1.92. The Bertz CT molecular complexity index is 1040. The van der Waals surface area contributed by atoms with Crippen LogP contribution in [0.2, 0.25) is 0 Å². The molecule has 2 aliphatic rings. The smallest absolute Gasteiger partial charge is 0.325 e. The average Bonchev–Trinajstić information content (AvgIpc) is 2.65. The second-order valence-corrected chi connectivity index (χ2v) is 6.42. The standard InChI is InChI=1S/C20H12F3NO3/c21-20(22,23)11-5-3-4-10(8-11)14-9-15(25)24-17-12-6-1-2-7-13(12)18(26)19(27)16(14)17/h1-8,14H,9H2,(H,24,25). The number of benzene rings is 2. The van der Waals surface area contributed by atoms with Crippen LogP contribution in [0.4, 0.5) is 13.2 Å². The highest BCUT2D eigenvalue weighted by molar-refractivity contribution is 6.53. The van der Waals surface area contributed by atoms with Gasteiger partial charge in [-0.2, -0.15) is 13.2 Å². The van der Waals surface area contributed by atoms with Crippen LogP contribution < -0.4 is 5.32 Å². The predicted molar refractivity (Wildman–Crippen MR) is 89.6 cm³/mol. The first-order chi connectivity index (χ1) is 12.8. The molecule has 0 bridgehead atoms. The molecule has 7 heteroatoms. The summed E-state index contributed by atoms with van der Waals surface area (Å²) >= 11 is 0. The molecule has 2 aromatic carbocycles. The minimum Gasteiger partial charge on any atom is -0.325 e. The lowest BCUT2D eigenvalue weighted by atomic mass is 9.75. The summed E-state index contributed by atoms with van der Waals surface area (Å²) in [6, 6.07) is 10.9. The summed E-state index contributed by atoms with van der Waals surface area (Å²) in [4.78, 5) is 37.4. The molecule has 0 fully saturated rings. The molecule has 0 spiro atoms. The van der Waals surface area contributed by atoms with Gasteiger partial charge in [0.1, 0.15) is 0 Å². The molecule has 1 aliphatic carbocycles. The normalized spacial score (nSPS) is 19.5. The van der Waals surface area contributed by atoms with Crippen molar-refractivity contribution in [3.8, 4) is 0 Å². The van der Waals surface area contributed by atoms with Crippen molar-refractivity contribution >= 4 is 23.2 Å². The van der Waals surface area contributed by atoms with Crippen molar-refractivity contribution < 1.29 is 27.6 Å². The third-order valence-electron chi connectivity index (χ3n) is 4.78. The lowest BCUT2D eigenvalue weighted by Crippen LogP contribution is -2.39. The Labute approximate surface area is 151 Å². The van der Waals surface area contributed by atoms with Gasteiger partial charge in [0, 0.05) is 29.0 Å². The summed E-state index contributed by atoms with van der Waals surface area (Å²) in [6.45, 7) is 0. The monoisotopic (exact) mass is 371 g/mol. The summed E-state index contributed by atoms with van der Waals surface area (Å²) in [6.07, 6.45) is -4.76. The summed E-state index contributed by atoms with van der Waals surface area (Å²) in [5.41, 5.74) is 0.121. The van der Waals surface area contributed by atoms with Crippen molar-refractivity contribution in [2.45, 2.75) is 18.5 Å². The van der Waals surface area contributed by atoms with Crippen LogP contribution in [0.3, 0.4) is 0 Å². The number of amides is 1. The van der Waals surface area contributed by atoms with Gasteiger partial charge in [-0.25, -0.2) is 0 Å². The maximum Gasteiger partial charge on any atom is 0.416 e. The van der Waals surface area contributed by atoms with Gasteiger partial charge in [-0.3, -0.25) is 14.4 Å². The van der Waals surface area contributed by atoms with Crippen molar-refractivity contribution in [1.29, 1.82) is 0 Å². The second kappa shape index (κ2) is 5.90. The van der Waals surface area contributed by atoms with Crippen molar-refractivity contribution in [3.63, 3.8) is 0 Å². The van der Waals surface area contributed by atoms with E-state index in [1.54, 1.807) is 18.2 Å². The van der Waals surface area contributed by atoms with E-state index >= 15 is 0 Å². The molecule has 4 nitrogen and oxygen atoms in total. The SMILES string of the molecule is O=C1CC(c2cccc(C(F)(F)F)c2)C2=C(N1)c1ccccc1C(=O)C2=O. The van der Waals surface area contributed by atoms with Gasteiger partial charge in [0.05, 0.1) is 11.3 Å². The number of ketones is 2. The number of carbonyl (C=O) groups is 3. The molecule has 136 valence electrons. The molecule has 1 amide bonds. The third kappa shape index (κ3) is 2.75. The molecule has 0 saturated carbocycles. The fraction of sp³-hybridized carbons (Fsp3) is 0.150. The maximum atomic E-state index is 13.1. The number of halogens is 3. The summed E-state index contributed by atoms with van der Waals surface area (Å²) in [7, 11) is 0. The highest BCUT2D eigenvalue weighted by atomic mass is 19.4. The number of rotatable bonds is 1. The summed E-state index contributed by atoms with van der Waals surface area (Å²) < 4.78 is 39.2. The Hall–Kier alpha value is -3.22. The van der Waals surface area contributed by atoms with Crippen LogP contribution in [0.15, 0.2) is 54.1 Å². The molecule has 27 heavy (non-hydrogen) atoms. The van der Waals surface area contributed by atoms with Crippen LogP contribution in [0.25, 0.3) is 5.70 Å². The molecule has 0 aromatic heterocycles. The molecule has 0 saturated heterocycles. The van der Waals surface area contributed by atoms with Gasteiger partial charge in [-0.1, -0.05) is 42.5 Å². The van der Waals surface area contributed by atoms with Gasteiger partial charge in [-0.15, -0.1) is 0 Å². The van der Waals surface area contributed by atoms with E-state index in [2.05, 4.69) is 5.32 Å². The van der Waals surface area contributed by atoms with Crippen molar-refractivity contribution in [1.82, 2.24) is 5.32 Å². The fourth-order valence-electron chi connectivity index (χ4n) is 3.56. The maximum absolute atomic E-state index is 13.1. The van der Waals surface area contributed by atoms with Crippen LogP contribution >= 0.6 is 0 Å². The number of alkyl halides is 3. The number of allylic oxidation sites excluding steroid dienone is 1. The van der Waals surface area contributed by atoms with Crippen molar-refractivity contribution in [3.05, 3.63) is 76.4 Å². The summed E-state index contributed by atoms with van der Waals surface area (Å²) in [5, 5.41) is 2.62. The number of fused-ring (bicyclic) bond motifs is 2. The van der Waals surface area contributed by atoms with Gasteiger partial charge in [0.2, 0.25) is 17.5 Å². The van der Waals surface area contributed by atoms with Gasteiger partial charge in [0.25, 0.3) is 0 Å². The molecule has 0 radical (unpaired) electrons. The zero-order chi connectivity index (χ0) is 19.3. The molecule has 1 atom stereocenters. The van der Waals surface area contributed by atoms with E-state index in [0.29, 0.717) is 5.56 Å². The number of nitrogens with one attached hydrogen (secondary N) is 1. The van der Waals surface area contributed by atoms with Crippen LogP contribution in [0, 0.1) is 0 Å². The molecular formula is C20H12F3NO3. The largest absolute Gasteiger partial charge is 0.416 e. The number of Topliss-reactive ketones (excluding diaryl/α,β-unsaturated/α-hetero) is 2. The van der Waals surface area contributed by atoms with Gasteiger partial charge >= 0.3 is 6.18 Å². The summed E-state index contributed by atoms with van der Waals surface area (Å²) in [5.74, 6) is -2.86. The Morgan fingerprint density at radius 2 is 1.59 bits per heavy atom. The number of hydrogen-bond acceptors (Lipinski definition) is 3.